The Kier molecular flexibility index (Phi) is 5.40. The zero-order chi connectivity index (χ0) is 13.7. The van der Waals surface area contributed by atoms with Gasteiger partial charge in [0.2, 0.25) is 5.91 Å². The van der Waals surface area contributed by atoms with Gasteiger partial charge in [0.15, 0.2) is 0 Å². The van der Waals surface area contributed by atoms with Gasteiger partial charge >= 0.3 is 0 Å². The fourth-order valence-corrected chi connectivity index (χ4v) is 3.62. The van der Waals surface area contributed by atoms with Crippen LogP contribution in [-0.4, -0.2) is 11.9 Å². The molecule has 1 amide bonds. The molecule has 0 radical (unpaired) electrons. The molecule has 19 heavy (non-hydrogen) atoms. The summed E-state index contributed by atoms with van der Waals surface area (Å²) >= 11 is 1.68. The predicted molar refractivity (Wildman–Crippen MR) is 80.1 cm³/mol. The van der Waals surface area contributed by atoms with Crippen LogP contribution in [0.25, 0.3) is 0 Å². The van der Waals surface area contributed by atoms with Gasteiger partial charge in [-0.25, -0.2) is 0 Å². The Labute approximate surface area is 119 Å². The molecule has 1 atom stereocenters. The van der Waals surface area contributed by atoms with Crippen LogP contribution < -0.4 is 11.1 Å². The minimum absolute atomic E-state index is 0.00151. The fourth-order valence-electron chi connectivity index (χ4n) is 2.77. The number of aryl methyl sites for hydroxylation is 1. The summed E-state index contributed by atoms with van der Waals surface area (Å²) in [6.45, 7) is 2.68. The summed E-state index contributed by atoms with van der Waals surface area (Å²) in [7, 11) is 0. The second-order valence-corrected chi connectivity index (χ2v) is 6.59. The number of nitrogens with one attached hydrogen (secondary N) is 1. The van der Waals surface area contributed by atoms with E-state index < -0.39 is 0 Å². The number of amides is 1. The summed E-state index contributed by atoms with van der Waals surface area (Å²) < 4.78 is 0. The minimum atomic E-state index is -0.344. The van der Waals surface area contributed by atoms with Crippen molar-refractivity contribution in [2.75, 3.05) is 0 Å². The molecule has 3 N–H and O–H groups in total. The standard InChI is InChI=1S/C15H24N2OS/c1-11-7-8-19-14(11)10-17-15(18)13(16)9-12-5-3-2-4-6-12/h7-8,12-13H,2-6,9-10,16H2,1H3,(H,17,18). The second kappa shape index (κ2) is 7.06. The van der Waals surface area contributed by atoms with Gasteiger partial charge < -0.3 is 11.1 Å². The van der Waals surface area contributed by atoms with Crippen LogP contribution in [0.4, 0.5) is 0 Å². The Morgan fingerprint density at radius 2 is 2.21 bits per heavy atom. The molecule has 3 nitrogen and oxygen atoms in total. The lowest BCUT2D eigenvalue weighted by molar-refractivity contribution is -0.122. The van der Waals surface area contributed by atoms with E-state index in [1.165, 1.54) is 42.5 Å². The van der Waals surface area contributed by atoms with Crippen molar-refractivity contribution >= 4 is 17.2 Å². The zero-order valence-corrected chi connectivity index (χ0v) is 12.5. The summed E-state index contributed by atoms with van der Waals surface area (Å²) in [5.41, 5.74) is 7.26. The lowest BCUT2D eigenvalue weighted by Gasteiger charge is -2.24. The third-order valence-corrected chi connectivity index (χ3v) is 5.06. The topological polar surface area (TPSA) is 55.1 Å². The quantitative estimate of drug-likeness (QED) is 0.871. The number of rotatable bonds is 5. The molecule has 1 heterocycles. The van der Waals surface area contributed by atoms with E-state index >= 15 is 0 Å². The van der Waals surface area contributed by atoms with Crippen LogP contribution in [0.3, 0.4) is 0 Å². The van der Waals surface area contributed by atoms with E-state index in [1.54, 1.807) is 11.3 Å². The van der Waals surface area contributed by atoms with E-state index in [1.807, 2.05) is 0 Å². The highest BCUT2D eigenvalue weighted by Gasteiger charge is 2.21. The van der Waals surface area contributed by atoms with Crippen molar-refractivity contribution in [3.8, 4) is 0 Å². The molecule has 1 saturated carbocycles. The molecule has 1 aromatic rings. The average molecular weight is 280 g/mol. The Morgan fingerprint density at radius 1 is 1.47 bits per heavy atom. The van der Waals surface area contributed by atoms with Crippen LogP contribution in [-0.2, 0) is 11.3 Å². The van der Waals surface area contributed by atoms with Crippen molar-refractivity contribution in [1.29, 1.82) is 0 Å². The van der Waals surface area contributed by atoms with Crippen molar-refractivity contribution in [1.82, 2.24) is 5.32 Å². The first-order chi connectivity index (χ1) is 9.16. The van der Waals surface area contributed by atoms with Crippen molar-refractivity contribution < 1.29 is 4.79 Å². The van der Waals surface area contributed by atoms with Crippen LogP contribution in [0.1, 0.15) is 49.0 Å². The maximum absolute atomic E-state index is 12.0. The van der Waals surface area contributed by atoms with Crippen molar-refractivity contribution in [2.45, 2.75) is 58.0 Å². The highest BCUT2D eigenvalue weighted by atomic mass is 32.1. The molecular weight excluding hydrogens is 256 g/mol. The Balaban J connectivity index is 1.74. The molecule has 1 fully saturated rings. The monoisotopic (exact) mass is 280 g/mol. The molecule has 0 aromatic carbocycles. The predicted octanol–water partition coefficient (Wildman–Crippen LogP) is 2.97. The maximum atomic E-state index is 12.0. The summed E-state index contributed by atoms with van der Waals surface area (Å²) in [5, 5.41) is 5.02. The van der Waals surface area contributed by atoms with Crippen LogP contribution in [0.15, 0.2) is 11.4 Å². The third-order valence-electron chi connectivity index (χ3n) is 4.04. The van der Waals surface area contributed by atoms with E-state index in [2.05, 4.69) is 23.7 Å². The van der Waals surface area contributed by atoms with E-state index in [4.69, 9.17) is 5.73 Å². The molecule has 0 aliphatic heterocycles. The second-order valence-electron chi connectivity index (χ2n) is 5.59. The van der Waals surface area contributed by atoms with Gasteiger partial charge in [-0.3, -0.25) is 4.79 Å². The van der Waals surface area contributed by atoms with Crippen LogP contribution >= 0.6 is 11.3 Å². The number of carbonyl (C=O) groups is 1. The van der Waals surface area contributed by atoms with Gasteiger partial charge in [-0.05, 0) is 36.3 Å². The van der Waals surface area contributed by atoms with E-state index in [9.17, 15) is 4.79 Å². The molecule has 0 spiro atoms. The number of hydrogen-bond acceptors (Lipinski definition) is 3. The molecule has 1 aromatic heterocycles. The van der Waals surface area contributed by atoms with Gasteiger partial charge in [0.25, 0.3) is 0 Å². The molecule has 1 unspecified atom stereocenters. The number of carbonyl (C=O) groups excluding carboxylic acids is 1. The molecule has 0 saturated heterocycles. The molecular formula is C15H24N2OS. The first-order valence-corrected chi connectivity index (χ1v) is 8.11. The number of thiophene rings is 1. The first-order valence-electron chi connectivity index (χ1n) is 7.23. The average Bonchev–Trinajstić information content (AvgIpc) is 2.82. The van der Waals surface area contributed by atoms with Crippen molar-refractivity contribution in [3.63, 3.8) is 0 Å². The Bertz CT molecular complexity index is 410. The van der Waals surface area contributed by atoms with Gasteiger partial charge in [0.1, 0.15) is 0 Å². The minimum Gasteiger partial charge on any atom is -0.350 e. The Hall–Kier alpha value is -0.870. The van der Waals surface area contributed by atoms with Crippen molar-refractivity contribution in [3.05, 3.63) is 21.9 Å². The van der Waals surface area contributed by atoms with Crippen LogP contribution in [0.2, 0.25) is 0 Å². The normalized spacial score (nSPS) is 18.2. The maximum Gasteiger partial charge on any atom is 0.237 e. The summed E-state index contributed by atoms with van der Waals surface area (Å²) in [4.78, 5) is 13.2. The van der Waals surface area contributed by atoms with Gasteiger partial charge in [-0.2, -0.15) is 0 Å². The van der Waals surface area contributed by atoms with Gasteiger partial charge in [0.05, 0.1) is 12.6 Å². The largest absolute Gasteiger partial charge is 0.350 e. The molecule has 106 valence electrons. The summed E-state index contributed by atoms with van der Waals surface area (Å²) in [5.74, 6) is 0.649. The lowest BCUT2D eigenvalue weighted by Crippen LogP contribution is -2.41. The lowest BCUT2D eigenvalue weighted by atomic mass is 9.85. The van der Waals surface area contributed by atoms with Gasteiger partial charge in [-0.15, -0.1) is 11.3 Å². The highest BCUT2D eigenvalue weighted by Crippen LogP contribution is 2.27. The third kappa shape index (κ3) is 4.32. The molecule has 1 aliphatic carbocycles. The number of hydrogen-bond donors (Lipinski definition) is 2. The molecule has 4 heteroatoms. The smallest absolute Gasteiger partial charge is 0.237 e. The SMILES string of the molecule is Cc1ccsc1CNC(=O)C(N)CC1CCCCC1. The summed E-state index contributed by atoms with van der Waals surface area (Å²) in [6.07, 6.45) is 7.27. The fraction of sp³-hybridized carbons (Fsp3) is 0.667. The molecule has 1 aliphatic rings. The van der Waals surface area contributed by atoms with Crippen LogP contribution in [0, 0.1) is 12.8 Å². The van der Waals surface area contributed by atoms with Crippen molar-refractivity contribution in [2.24, 2.45) is 11.7 Å². The van der Waals surface area contributed by atoms with E-state index in [-0.39, 0.29) is 11.9 Å². The van der Waals surface area contributed by atoms with E-state index in [0.717, 1.165) is 6.42 Å². The van der Waals surface area contributed by atoms with E-state index in [0.29, 0.717) is 12.5 Å². The Morgan fingerprint density at radius 3 is 2.84 bits per heavy atom. The molecule has 2 rings (SSSR count). The van der Waals surface area contributed by atoms with Gasteiger partial charge in [0, 0.05) is 4.88 Å². The first kappa shape index (κ1) is 14.5. The van der Waals surface area contributed by atoms with Gasteiger partial charge in [-0.1, -0.05) is 32.1 Å². The van der Waals surface area contributed by atoms with Crippen LogP contribution in [0.5, 0.6) is 0 Å². The number of nitrogens with two attached hydrogens (primary N) is 1. The highest BCUT2D eigenvalue weighted by molar-refractivity contribution is 7.10. The summed E-state index contributed by atoms with van der Waals surface area (Å²) in [6, 6.07) is 1.73. The molecule has 0 bridgehead atoms. The zero-order valence-electron chi connectivity index (χ0n) is 11.7.